The van der Waals surface area contributed by atoms with E-state index in [0.717, 1.165) is 112 Å². The minimum Gasteiger partial charge on any atom is -0.368 e. The number of hydrogen-bond donors (Lipinski definition) is 16. The SMILES string of the molecule is CCCCCNc1nc(C)nc(N(C)C)n1.CCCCNc1nc(C)nc(N(C)C)n1.CCCNc1nc(C)nc(N(C)C)n1.CCNc1nc(C)nc(N(C)C)n1.Nc1nc(N)nc(NCCCc2ccccc2)n1.Nc1nc(N)nc(NCCc2ccccc2)n1.Nc1nc(N)nc(NCc2ccccc2)n1.Nc1nc(N)nc(Nc2ccccc2)n1. The van der Waals surface area contributed by atoms with E-state index in [2.05, 4.69) is 207 Å². The van der Waals surface area contributed by atoms with E-state index >= 15 is 0 Å². The number of hydrogen-bond acceptors (Lipinski definition) is 44. The molecule has 0 aliphatic carbocycles. The summed E-state index contributed by atoms with van der Waals surface area (Å²) in [5, 5.41) is 24.7. The number of aromatic nitrogens is 24. The first-order chi connectivity index (χ1) is 59.5. The highest BCUT2D eigenvalue weighted by Gasteiger charge is 2.11. The van der Waals surface area contributed by atoms with Crippen LogP contribution in [0.2, 0.25) is 0 Å². The van der Waals surface area contributed by atoms with E-state index in [1.807, 2.05) is 208 Å². The number of anilines is 21. The first kappa shape index (κ1) is 99.5. The maximum Gasteiger partial charge on any atom is 0.233 e. The van der Waals surface area contributed by atoms with Crippen molar-refractivity contribution in [1.82, 2.24) is 120 Å². The molecule has 8 heterocycles. The van der Waals surface area contributed by atoms with Gasteiger partial charge in [0.05, 0.1) is 0 Å². The molecule has 0 saturated heterocycles. The van der Waals surface area contributed by atoms with Crippen LogP contribution in [0.4, 0.5) is 125 Å². The van der Waals surface area contributed by atoms with Crippen molar-refractivity contribution in [3.8, 4) is 0 Å². The Morgan fingerprint density at radius 2 is 0.524 bits per heavy atom. The van der Waals surface area contributed by atoms with Gasteiger partial charge >= 0.3 is 0 Å². The molecule has 0 fully saturated rings. The topological polar surface area (TPSA) is 627 Å². The average molecular weight is 1700 g/mol. The molecular formula is C80H124N44. The summed E-state index contributed by atoms with van der Waals surface area (Å²) in [4.78, 5) is 104. The normalized spacial score (nSPS) is 10.1. The van der Waals surface area contributed by atoms with Crippen molar-refractivity contribution in [3.63, 3.8) is 0 Å². The van der Waals surface area contributed by atoms with Crippen molar-refractivity contribution in [2.45, 2.75) is 120 Å². The van der Waals surface area contributed by atoms with Crippen molar-refractivity contribution in [3.05, 3.63) is 161 Å². The van der Waals surface area contributed by atoms with Crippen molar-refractivity contribution in [2.75, 3.05) is 204 Å². The van der Waals surface area contributed by atoms with Crippen LogP contribution < -0.4 is 108 Å². The maximum atomic E-state index is 5.47. The fourth-order valence-electron chi connectivity index (χ4n) is 9.79. The molecule has 4 aromatic carbocycles. The summed E-state index contributed by atoms with van der Waals surface area (Å²) in [6.45, 7) is 21.6. The third-order valence-electron chi connectivity index (χ3n) is 15.6. The fraction of sp³-hybridized carbons (Fsp3) is 0.400. The molecule has 0 aliphatic rings. The molecule has 0 atom stereocenters. The van der Waals surface area contributed by atoms with Crippen molar-refractivity contribution < 1.29 is 0 Å². The molecule has 124 heavy (non-hydrogen) atoms. The van der Waals surface area contributed by atoms with Crippen LogP contribution in [0.25, 0.3) is 0 Å². The highest BCUT2D eigenvalue weighted by molar-refractivity contribution is 5.54. The molecule has 0 spiro atoms. The van der Waals surface area contributed by atoms with Gasteiger partial charge in [-0.05, 0) is 102 Å². The first-order valence-corrected chi connectivity index (χ1v) is 40.3. The summed E-state index contributed by atoms with van der Waals surface area (Å²) < 4.78 is 0. The van der Waals surface area contributed by atoms with Crippen molar-refractivity contribution in [1.29, 1.82) is 0 Å². The molecule has 24 N–H and O–H groups in total. The van der Waals surface area contributed by atoms with Gasteiger partial charge in [-0.25, -0.2) is 0 Å². The van der Waals surface area contributed by atoms with E-state index < -0.39 is 0 Å². The Balaban J connectivity index is 0.000000252. The number of nitrogen functional groups attached to an aromatic ring is 8. The minimum atomic E-state index is 0.0981. The van der Waals surface area contributed by atoms with E-state index in [4.69, 9.17) is 45.9 Å². The molecule has 12 rings (SSSR count). The number of benzene rings is 4. The van der Waals surface area contributed by atoms with Gasteiger partial charge in [-0.15, -0.1) is 0 Å². The van der Waals surface area contributed by atoms with Crippen molar-refractivity contribution >= 4 is 125 Å². The number of unbranched alkanes of at least 4 members (excludes halogenated alkanes) is 3. The molecule has 664 valence electrons. The lowest BCUT2D eigenvalue weighted by Crippen LogP contribution is -2.16. The van der Waals surface area contributed by atoms with Crippen LogP contribution in [0.5, 0.6) is 0 Å². The zero-order chi connectivity index (χ0) is 90.6. The Morgan fingerprint density at radius 3 is 0.863 bits per heavy atom. The van der Waals surface area contributed by atoms with Crippen LogP contribution in [-0.4, -0.2) is 215 Å². The lowest BCUT2D eigenvalue weighted by Gasteiger charge is -2.12. The van der Waals surface area contributed by atoms with Crippen LogP contribution in [0.15, 0.2) is 121 Å². The minimum absolute atomic E-state index is 0.0981. The third-order valence-corrected chi connectivity index (χ3v) is 15.6. The smallest absolute Gasteiger partial charge is 0.233 e. The Hall–Kier alpha value is -15.0. The fourth-order valence-corrected chi connectivity index (χ4v) is 9.79. The summed E-state index contributed by atoms with van der Waals surface area (Å²) >= 11 is 0. The average Bonchev–Trinajstić information content (AvgIpc) is 0.783. The summed E-state index contributed by atoms with van der Waals surface area (Å²) in [6.07, 6.45) is 9.82. The number of aryl methyl sites for hydroxylation is 5. The molecule has 0 unspecified atom stereocenters. The van der Waals surface area contributed by atoms with E-state index in [1.54, 1.807) is 0 Å². The molecular weight excluding hydrogens is 1580 g/mol. The highest BCUT2D eigenvalue weighted by Crippen LogP contribution is 2.17. The van der Waals surface area contributed by atoms with Gasteiger partial charge in [-0.1, -0.05) is 149 Å². The molecule has 0 bridgehead atoms. The van der Waals surface area contributed by atoms with E-state index in [9.17, 15) is 0 Å². The molecule has 44 heteroatoms. The van der Waals surface area contributed by atoms with Crippen LogP contribution in [0.1, 0.15) is 113 Å². The van der Waals surface area contributed by atoms with Gasteiger partial charge in [0.15, 0.2) is 0 Å². The van der Waals surface area contributed by atoms with E-state index in [1.165, 1.54) is 24.0 Å². The van der Waals surface area contributed by atoms with Crippen molar-refractivity contribution in [2.24, 2.45) is 0 Å². The Morgan fingerprint density at radius 1 is 0.242 bits per heavy atom. The Bertz CT molecular complexity index is 4880. The monoisotopic (exact) mass is 1700 g/mol. The lowest BCUT2D eigenvalue weighted by atomic mass is 10.1. The highest BCUT2D eigenvalue weighted by atomic mass is 15.3. The predicted octanol–water partition coefficient (Wildman–Crippen LogP) is 8.25. The zero-order valence-corrected chi connectivity index (χ0v) is 74.0. The van der Waals surface area contributed by atoms with Crippen LogP contribution >= 0.6 is 0 Å². The van der Waals surface area contributed by atoms with Gasteiger partial charge in [0.1, 0.15) is 23.3 Å². The summed E-state index contributed by atoms with van der Waals surface area (Å²) in [6, 6.07) is 39.8. The van der Waals surface area contributed by atoms with Gasteiger partial charge in [0, 0.05) is 108 Å². The van der Waals surface area contributed by atoms with E-state index in [0.29, 0.717) is 84.5 Å². The van der Waals surface area contributed by atoms with Crippen LogP contribution in [0, 0.1) is 27.7 Å². The second-order valence-corrected chi connectivity index (χ2v) is 27.5. The van der Waals surface area contributed by atoms with Gasteiger partial charge < -0.3 is 108 Å². The largest absolute Gasteiger partial charge is 0.368 e. The number of nitrogens with two attached hydrogens (primary N) is 8. The Kier molecular flexibility index (Phi) is 44.7. The van der Waals surface area contributed by atoms with Gasteiger partial charge in [-0.3, -0.25) is 0 Å². The second kappa shape index (κ2) is 55.7. The zero-order valence-electron chi connectivity index (χ0n) is 74.0. The number of rotatable bonds is 32. The van der Waals surface area contributed by atoms with E-state index in [-0.39, 0.29) is 47.6 Å². The Labute approximate surface area is 725 Å². The molecule has 0 amide bonds. The van der Waals surface area contributed by atoms with Gasteiger partial charge in [-0.2, -0.15) is 120 Å². The third kappa shape index (κ3) is 42.1. The number of nitrogens with one attached hydrogen (secondary N) is 8. The number of nitrogens with zero attached hydrogens (tertiary/aromatic N) is 28. The quantitative estimate of drug-likeness (QED) is 0.0176. The first-order valence-electron chi connectivity index (χ1n) is 40.3. The molecule has 0 saturated carbocycles. The summed E-state index contributed by atoms with van der Waals surface area (Å²) in [5.41, 5.74) is 48.2. The maximum absolute atomic E-state index is 5.47. The molecule has 0 aliphatic heterocycles. The second-order valence-electron chi connectivity index (χ2n) is 27.5. The van der Waals surface area contributed by atoms with Gasteiger partial charge in [0.25, 0.3) is 0 Å². The predicted molar refractivity (Wildman–Crippen MR) is 500 cm³/mol. The summed E-state index contributed by atoms with van der Waals surface area (Å²) in [7, 11) is 15.3. The molecule has 44 nitrogen and oxygen atoms in total. The van der Waals surface area contributed by atoms with Gasteiger partial charge in [0.2, 0.25) is 119 Å². The lowest BCUT2D eigenvalue weighted by molar-refractivity contribution is 0.738. The molecule has 0 radical (unpaired) electrons. The van der Waals surface area contributed by atoms with Crippen LogP contribution in [0.3, 0.4) is 0 Å². The standard InChI is InChI=1S/C12H16N6.C11H14N6.C11H21N5.C10H12N6.C10H19N5.C9H10N6.C9H17N5.C8H15N5/c13-10-16-11(14)18-12(17-10)15-8-4-7-9-5-2-1-3-6-9;12-9-15-10(13)17-11(16-9)14-7-6-8-4-2-1-3-5-8;1-5-6-7-8-12-10-13-9(2)14-11(15-10)16(3)4;11-8-14-9(12)16-10(15-8)13-6-7-4-2-1-3-5-7;1-5-6-7-11-9-12-8(2)13-10(14-9)15(3)4;10-7-13-8(11)15-9(14-7)12-6-4-2-1-3-5-6;1-5-6-10-8-11-7(2)12-9(13-8)14(3)4;1-5-9-7-10-6(2)11-8(12-7)13(3)4/h1-3,5-6H,4,7-8H2,(H5,13,14,15,16,17,18);1-5H,6-7H2,(H5,12,13,14,15,16,17);5-8H2,1-4H3,(H,12,13,14,15);1-5H,6H2,(H5,11,12,13,14,15,16);5-7H2,1-4H3,(H,11,12,13,14);1-5H,(H5,10,11,12,13,14,15);5-6H2,1-4H3,(H,10,11,12,13);5H2,1-4H3,(H,9,10,11,12). The summed E-state index contributed by atoms with van der Waals surface area (Å²) in [5.74, 6) is 10.9. The number of para-hydroxylation sites is 1. The molecule has 12 aromatic rings. The van der Waals surface area contributed by atoms with Crippen LogP contribution in [-0.2, 0) is 19.4 Å². The molecule has 8 aromatic heterocycles.